The van der Waals surface area contributed by atoms with Crippen LogP contribution in [0.5, 0.6) is 11.5 Å². The summed E-state index contributed by atoms with van der Waals surface area (Å²) >= 11 is 0. The topological polar surface area (TPSA) is 43.2 Å². The van der Waals surface area contributed by atoms with Crippen LogP contribution in [0.4, 0.5) is 0 Å². The van der Waals surface area contributed by atoms with Crippen LogP contribution in [-0.4, -0.2) is 36.7 Å². The van der Waals surface area contributed by atoms with Crippen LogP contribution in [0.1, 0.15) is 78.4 Å². The molecule has 4 heteroatoms. The Balaban J connectivity index is 1.55. The van der Waals surface area contributed by atoms with Gasteiger partial charge < -0.3 is 9.47 Å². The number of benzene rings is 2. The monoisotopic (exact) mass is 436 g/mol. The number of rotatable bonds is 11. The second kappa shape index (κ2) is 12.4. The highest BCUT2D eigenvalue weighted by Crippen LogP contribution is 2.15. The van der Waals surface area contributed by atoms with Crippen LogP contribution < -0.4 is 9.47 Å². The minimum atomic E-state index is -0.0495. The van der Waals surface area contributed by atoms with Gasteiger partial charge in [0, 0.05) is 12.4 Å². The molecule has 0 amide bonds. The predicted molar refractivity (Wildman–Crippen MR) is 137 cm³/mol. The normalized spacial score (nSPS) is 12.6. The van der Waals surface area contributed by atoms with Crippen molar-refractivity contribution in [3.05, 3.63) is 59.7 Å². The standard InChI is InChI=1S/C28H40N2O2/c1-27(2,3)29-21-23-11-15-25(16-12-23)31-19-9-7-8-10-20-32-26-17-13-24(14-18-26)22-30-28(4,5)6/h11-18,21-22H,7-10,19-20H2,1-6H3. The number of unbranched alkanes of at least 4 members (excludes halogenated alkanes) is 3. The molecule has 32 heavy (non-hydrogen) atoms. The molecule has 0 atom stereocenters. The highest BCUT2D eigenvalue weighted by Gasteiger charge is 2.05. The van der Waals surface area contributed by atoms with Crippen molar-refractivity contribution in [3.8, 4) is 11.5 Å². The van der Waals surface area contributed by atoms with E-state index in [4.69, 9.17) is 9.47 Å². The van der Waals surface area contributed by atoms with Crippen LogP contribution in [0.15, 0.2) is 58.5 Å². The average molecular weight is 437 g/mol. The molecule has 0 unspecified atom stereocenters. The summed E-state index contributed by atoms with van der Waals surface area (Å²) in [5.74, 6) is 1.83. The zero-order valence-electron chi connectivity index (χ0n) is 20.7. The molecule has 0 fully saturated rings. The summed E-state index contributed by atoms with van der Waals surface area (Å²) in [6.07, 6.45) is 8.22. The lowest BCUT2D eigenvalue weighted by molar-refractivity contribution is 0.287. The maximum atomic E-state index is 5.85. The molecule has 0 heterocycles. The molecule has 0 saturated heterocycles. The van der Waals surface area contributed by atoms with Gasteiger partial charge in [-0.2, -0.15) is 0 Å². The van der Waals surface area contributed by atoms with Gasteiger partial charge in [0.25, 0.3) is 0 Å². The first-order valence-electron chi connectivity index (χ1n) is 11.7. The van der Waals surface area contributed by atoms with Crippen molar-refractivity contribution in [3.63, 3.8) is 0 Å². The van der Waals surface area contributed by atoms with E-state index in [0.717, 1.165) is 61.5 Å². The Bertz CT molecular complexity index is 765. The molecule has 2 aromatic rings. The quantitative estimate of drug-likeness (QED) is 0.277. The SMILES string of the molecule is CC(C)(C)N=Cc1ccc(OCCCCCCOc2ccc(C=NC(C)(C)C)cc2)cc1. The molecule has 2 rings (SSSR count). The number of ether oxygens (including phenoxy) is 2. The Hall–Kier alpha value is -2.62. The number of nitrogens with zero attached hydrogens (tertiary/aromatic N) is 2. The van der Waals surface area contributed by atoms with Crippen molar-refractivity contribution in [1.82, 2.24) is 0 Å². The summed E-state index contributed by atoms with van der Waals surface area (Å²) in [6, 6.07) is 16.2. The van der Waals surface area contributed by atoms with E-state index in [9.17, 15) is 0 Å². The summed E-state index contributed by atoms with van der Waals surface area (Å²) in [4.78, 5) is 9.05. The lowest BCUT2D eigenvalue weighted by Gasteiger charge is -2.11. The molecule has 0 spiro atoms. The molecule has 0 aliphatic heterocycles. The largest absolute Gasteiger partial charge is 0.494 e. The molecule has 0 N–H and O–H groups in total. The van der Waals surface area contributed by atoms with E-state index in [1.807, 2.05) is 61.0 Å². The van der Waals surface area contributed by atoms with Gasteiger partial charge in [-0.3, -0.25) is 9.98 Å². The van der Waals surface area contributed by atoms with Gasteiger partial charge in [0.1, 0.15) is 11.5 Å². The average Bonchev–Trinajstić information content (AvgIpc) is 2.73. The van der Waals surface area contributed by atoms with Gasteiger partial charge in [-0.1, -0.05) is 0 Å². The van der Waals surface area contributed by atoms with Crippen molar-refractivity contribution in [2.24, 2.45) is 9.98 Å². The second-order valence-corrected chi connectivity index (χ2v) is 10.1. The third kappa shape index (κ3) is 11.7. The van der Waals surface area contributed by atoms with Crippen LogP contribution in [0, 0.1) is 0 Å². The fraction of sp³-hybridized carbons (Fsp3) is 0.500. The first kappa shape index (κ1) is 25.6. The first-order valence-corrected chi connectivity index (χ1v) is 11.7. The van der Waals surface area contributed by atoms with E-state index in [0.29, 0.717) is 0 Å². The van der Waals surface area contributed by atoms with E-state index in [1.165, 1.54) is 0 Å². The molecule has 0 bridgehead atoms. The summed E-state index contributed by atoms with van der Waals surface area (Å²) in [7, 11) is 0. The Morgan fingerprint density at radius 2 is 0.906 bits per heavy atom. The smallest absolute Gasteiger partial charge is 0.119 e. The zero-order valence-corrected chi connectivity index (χ0v) is 20.7. The summed E-state index contributed by atoms with van der Waals surface area (Å²) in [5.41, 5.74) is 2.10. The molecular weight excluding hydrogens is 396 g/mol. The fourth-order valence-corrected chi connectivity index (χ4v) is 2.77. The van der Waals surface area contributed by atoms with Crippen molar-refractivity contribution >= 4 is 12.4 Å². The maximum absolute atomic E-state index is 5.85. The van der Waals surface area contributed by atoms with Crippen molar-refractivity contribution < 1.29 is 9.47 Å². The Morgan fingerprint density at radius 1 is 0.562 bits per heavy atom. The molecule has 0 saturated carbocycles. The molecular formula is C28H40N2O2. The van der Waals surface area contributed by atoms with Gasteiger partial charge in [0.05, 0.1) is 24.3 Å². The third-order valence-corrected chi connectivity index (χ3v) is 4.54. The highest BCUT2D eigenvalue weighted by molar-refractivity contribution is 5.80. The van der Waals surface area contributed by atoms with E-state index in [1.54, 1.807) is 0 Å². The molecule has 0 aliphatic carbocycles. The molecule has 4 nitrogen and oxygen atoms in total. The van der Waals surface area contributed by atoms with Crippen LogP contribution in [-0.2, 0) is 0 Å². The van der Waals surface area contributed by atoms with Gasteiger partial charge in [-0.05, 0) is 127 Å². The molecule has 174 valence electrons. The Kier molecular flexibility index (Phi) is 9.96. The minimum absolute atomic E-state index is 0.0495. The lowest BCUT2D eigenvalue weighted by atomic mass is 10.1. The van der Waals surface area contributed by atoms with E-state index in [2.05, 4.69) is 51.5 Å². The first-order chi connectivity index (χ1) is 15.1. The van der Waals surface area contributed by atoms with Crippen molar-refractivity contribution in [2.45, 2.75) is 78.3 Å². The van der Waals surface area contributed by atoms with Crippen LogP contribution in [0.3, 0.4) is 0 Å². The minimum Gasteiger partial charge on any atom is -0.494 e. The van der Waals surface area contributed by atoms with E-state index >= 15 is 0 Å². The summed E-state index contributed by atoms with van der Waals surface area (Å²) < 4.78 is 11.7. The summed E-state index contributed by atoms with van der Waals surface area (Å²) in [5, 5.41) is 0. The zero-order chi connectivity index (χ0) is 23.5. The number of hydrogen-bond acceptors (Lipinski definition) is 4. The van der Waals surface area contributed by atoms with E-state index in [-0.39, 0.29) is 11.1 Å². The predicted octanol–water partition coefficient (Wildman–Crippen LogP) is 7.14. The number of hydrogen-bond donors (Lipinski definition) is 0. The van der Waals surface area contributed by atoms with Crippen LogP contribution in [0.25, 0.3) is 0 Å². The van der Waals surface area contributed by atoms with E-state index < -0.39 is 0 Å². The number of aliphatic imine (C=N–C) groups is 2. The van der Waals surface area contributed by atoms with Gasteiger partial charge in [0.15, 0.2) is 0 Å². The van der Waals surface area contributed by atoms with Crippen LogP contribution >= 0.6 is 0 Å². The van der Waals surface area contributed by atoms with Gasteiger partial charge in [0.2, 0.25) is 0 Å². The Morgan fingerprint density at radius 3 is 1.22 bits per heavy atom. The molecule has 0 radical (unpaired) electrons. The maximum Gasteiger partial charge on any atom is 0.119 e. The molecule has 0 aromatic heterocycles. The Labute approximate surface area is 194 Å². The second-order valence-electron chi connectivity index (χ2n) is 10.1. The van der Waals surface area contributed by atoms with Gasteiger partial charge in [-0.15, -0.1) is 0 Å². The third-order valence-electron chi connectivity index (χ3n) is 4.54. The van der Waals surface area contributed by atoms with Crippen molar-refractivity contribution in [2.75, 3.05) is 13.2 Å². The highest BCUT2D eigenvalue weighted by atomic mass is 16.5. The van der Waals surface area contributed by atoms with Gasteiger partial charge >= 0.3 is 0 Å². The summed E-state index contributed by atoms with van der Waals surface area (Å²) in [6.45, 7) is 14.0. The molecule has 0 aliphatic rings. The lowest BCUT2D eigenvalue weighted by Crippen LogP contribution is -2.09. The van der Waals surface area contributed by atoms with Crippen molar-refractivity contribution in [1.29, 1.82) is 0 Å². The van der Waals surface area contributed by atoms with Gasteiger partial charge in [-0.25, -0.2) is 0 Å². The molecule has 2 aromatic carbocycles. The van der Waals surface area contributed by atoms with Crippen LogP contribution in [0.2, 0.25) is 0 Å². The fourth-order valence-electron chi connectivity index (χ4n) is 2.77.